The van der Waals surface area contributed by atoms with Gasteiger partial charge in [-0.05, 0) is 47.9 Å². The third kappa shape index (κ3) is 2.57. The minimum atomic E-state index is -1.27. The Morgan fingerprint density at radius 1 is 1.26 bits per heavy atom. The summed E-state index contributed by atoms with van der Waals surface area (Å²) in [5, 5.41) is 8.87. The lowest BCUT2D eigenvalue weighted by Gasteiger charge is -2.09. The fraction of sp³-hybridized carbons (Fsp3) is 0.133. The lowest BCUT2D eigenvalue weighted by Crippen LogP contribution is -2.02. The van der Waals surface area contributed by atoms with Crippen LogP contribution in [0.25, 0.3) is 11.1 Å². The van der Waals surface area contributed by atoms with E-state index in [0.29, 0.717) is 16.9 Å². The van der Waals surface area contributed by atoms with E-state index in [4.69, 9.17) is 9.84 Å². The van der Waals surface area contributed by atoms with Crippen LogP contribution in [-0.4, -0.2) is 18.2 Å². The first-order chi connectivity index (χ1) is 9.02. The second-order valence-electron chi connectivity index (χ2n) is 4.18. The number of halogens is 1. The summed E-state index contributed by atoms with van der Waals surface area (Å²) >= 11 is 0. The Balaban J connectivity index is 2.56. The first-order valence-corrected chi connectivity index (χ1v) is 5.71. The average molecular weight is 260 g/mol. The summed E-state index contributed by atoms with van der Waals surface area (Å²) < 4.78 is 18.9. The SMILES string of the molecule is COc1cccc(-c2cc(F)c(C(=O)O)cc2C)c1. The minimum Gasteiger partial charge on any atom is -0.497 e. The molecule has 0 aromatic heterocycles. The molecule has 0 fully saturated rings. The summed E-state index contributed by atoms with van der Waals surface area (Å²) in [5.74, 6) is -1.34. The highest BCUT2D eigenvalue weighted by molar-refractivity contribution is 5.89. The number of carboxylic acid groups (broad SMARTS) is 1. The standard InChI is InChI=1S/C15H13FO3/c1-9-6-13(15(17)18)14(16)8-12(9)10-4-3-5-11(7-10)19-2/h3-8H,1-2H3,(H,17,18). The van der Waals surface area contributed by atoms with E-state index in [0.717, 1.165) is 5.56 Å². The van der Waals surface area contributed by atoms with Gasteiger partial charge < -0.3 is 9.84 Å². The maximum atomic E-state index is 13.7. The Kier molecular flexibility index (Phi) is 3.51. The second-order valence-corrected chi connectivity index (χ2v) is 4.18. The molecule has 2 aromatic carbocycles. The normalized spacial score (nSPS) is 10.3. The van der Waals surface area contributed by atoms with Gasteiger partial charge in [-0.2, -0.15) is 0 Å². The summed E-state index contributed by atoms with van der Waals surface area (Å²) in [5.41, 5.74) is 1.82. The van der Waals surface area contributed by atoms with E-state index in [1.165, 1.54) is 12.1 Å². The molecule has 19 heavy (non-hydrogen) atoms. The topological polar surface area (TPSA) is 46.5 Å². The molecule has 1 N–H and O–H groups in total. The minimum absolute atomic E-state index is 0.316. The Bertz CT molecular complexity index is 635. The number of hydrogen-bond donors (Lipinski definition) is 1. The van der Waals surface area contributed by atoms with Crippen LogP contribution >= 0.6 is 0 Å². The molecule has 98 valence electrons. The van der Waals surface area contributed by atoms with Crippen LogP contribution in [0.3, 0.4) is 0 Å². The predicted molar refractivity (Wildman–Crippen MR) is 70.1 cm³/mol. The quantitative estimate of drug-likeness (QED) is 0.918. The van der Waals surface area contributed by atoms with Crippen LogP contribution in [0.2, 0.25) is 0 Å². The number of aryl methyl sites for hydroxylation is 1. The van der Waals surface area contributed by atoms with Crippen LogP contribution in [0.15, 0.2) is 36.4 Å². The fourth-order valence-corrected chi connectivity index (χ4v) is 1.95. The third-order valence-corrected chi connectivity index (χ3v) is 2.93. The molecule has 0 radical (unpaired) electrons. The lowest BCUT2D eigenvalue weighted by atomic mass is 9.98. The zero-order valence-corrected chi connectivity index (χ0v) is 10.6. The molecular formula is C15H13FO3. The van der Waals surface area contributed by atoms with Crippen molar-refractivity contribution >= 4 is 5.97 Å². The van der Waals surface area contributed by atoms with Gasteiger partial charge in [0.25, 0.3) is 0 Å². The van der Waals surface area contributed by atoms with Gasteiger partial charge in [0, 0.05) is 0 Å². The van der Waals surface area contributed by atoms with Crippen molar-refractivity contribution in [3.8, 4) is 16.9 Å². The second kappa shape index (κ2) is 5.10. The molecule has 0 aliphatic heterocycles. The highest BCUT2D eigenvalue weighted by atomic mass is 19.1. The van der Waals surface area contributed by atoms with Gasteiger partial charge in [0.2, 0.25) is 0 Å². The van der Waals surface area contributed by atoms with Gasteiger partial charge >= 0.3 is 5.97 Å². The van der Waals surface area contributed by atoms with Crippen molar-refractivity contribution in [2.45, 2.75) is 6.92 Å². The van der Waals surface area contributed by atoms with E-state index < -0.39 is 11.8 Å². The molecule has 0 spiro atoms. The van der Waals surface area contributed by atoms with E-state index >= 15 is 0 Å². The summed E-state index contributed by atoms with van der Waals surface area (Å²) in [6, 6.07) is 9.78. The molecule has 0 atom stereocenters. The smallest absolute Gasteiger partial charge is 0.338 e. The summed E-state index contributed by atoms with van der Waals surface area (Å²) in [7, 11) is 1.56. The monoisotopic (exact) mass is 260 g/mol. The number of hydrogen-bond acceptors (Lipinski definition) is 2. The third-order valence-electron chi connectivity index (χ3n) is 2.93. The lowest BCUT2D eigenvalue weighted by molar-refractivity contribution is 0.0692. The molecule has 2 rings (SSSR count). The van der Waals surface area contributed by atoms with Crippen LogP contribution in [0.5, 0.6) is 5.75 Å². The summed E-state index contributed by atoms with van der Waals surface area (Å²) in [4.78, 5) is 10.9. The Hall–Kier alpha value is -2.36. The molecule has 0 saturated heterocycles. The molecule has 3 nitrogen and oxygen atoms in total. The highest BCUT2D eigenvalue weighted by Crippen LogP contribution is 2.28. The average Bonchev–Trinajstić information content (AvgIpc) is 2.40. The van der Waals surface area contributed by atoms with Crippen LogP contribution < -0.4 is 4.74 Å². The zero-order valence-electron chi connectivity index (χ0n) is 10.6. The summed E-state index contributed by atoms with van der Waals surface area (Å²) in [6.45, 7) is 1.75. The maximum absolute atomic E-state index is 13.7. The van der Waals surface area contributed by atoms with Crippen LogP contribution in [-0.2, 0) is 0 Å². The molecule has 0 saturated carbocycles. The zero-order chi connectivity index (χ0) is 14.0. The number of aromatic carboxylic acids is 1. The number of benzene rings is 2. The first kappa shape index (κ1) is 13.1. The van der Waals surface area contributed by atoms with Crippen molar-refractivity contribution in [3.05, 3.63) is 53.3 Å². The fourth-order valence-electron chi connectivity index (χ4n) is 1.95. The van der Waals surface area contributed by atoms with E-state index in [1.54, 1.807) is 32.2 Å². The van der Waals surface area contributed by atoms with Gasteiger partial charge in [-0.25, -0.2) is 9.18 Å². The van der Waals surface area contributed by atoms with Gasteiger partial charge in [-0.1, -0.05) is 12.1 Å². The number of rotatable bonds is 3. The number of carboxylic acids is 1. The molecular weight excluding hydrogens is 247 g/mol. The van der Waals surface area contributed by atoms with E-state index in [1.807, 2.05) is 6.07 Å². The van der Waals surface area contributed by atoms with E-state index in [-0.39, 0.29) is 5.56 Å². The van der Waals surface area contributed by atoms with Crippen LogP contribution in [0, 0.1) is 12.7 Å². The summed E-state index contributed by atoms with van der Waals surface area (Å²) in [6.07, 6.45) is 0. The van der Waals surface area contributed by atoms with Crippen molar-refractivity contribution in [1.29, 1.82) is 0 Å². The van der Waals surface area contributed by atoms with Crippen molar-refractivity contribution in [2.75, 3.05) is 7.11 Å². The Morgan fingerprint density at radius 3 is 2.63 bits per heavy atom. The molecule has 0 unspecified atom stereocenters. The van der Waals surface area contributed by atoms with Gasteiger partial charge in [-0.3, -0.25) is 0 Å². The maximum Gasteiger partial charge on any atom is 0.338 e. The molecule has 2 aromatic rings. The van der Waals surface area contributed by atoms with Crippen LogP contribution in [0.4, 0.5) is 4.39 Å². The molecule has 0 bridgehead atoms. The first-order valence-electron chi connectivity index (χ1n) is 5.71. The Labute approximate surface area is 110 Å². The largest absolute Gasteiger partial charge is 0.497 e. The Morgan fingerprint density at radius 2 is 2.00 bits per heavy atom. The van der Waals surface area contributed by atoms with E-state index in [9.17, 15) is 9.18 Å². The number of carbonyl (C=O) groups is 1. The molecule has 4 heteroatoms. The van der Waals surface area contributed by atoms with Crippen molar-refractivity contribution < 1.29 is 19.0 Å². The number of ether oxygens (including phenoxy) is 1. The van der Waals surface area contributed by atoms with Gasteiger partial charge in [0.05, 0.1) is 12.7 Å². The van der Waals surface area contributed by atoms with Crippen LogP contribution in [0.1, 0.15) is 15.9 Å². The molecule has 0 aliphatic carbocycles. The molecule has 0 heterocycles. The highest BCUT2D eigenvalue weighted by Gasteiger charge is 2.14. The molecule has 0 aliphatic rings. The van der Waals surface area contributed by atoms with Gasteiger partial charge in [0.15, 0.2) is 0 Å². The van der Waals surface area contributed by atoms with Gasteiger partial charge in [0.1, 0.15) is 11.6 Å². The van der Waals surface area contributed by atoms with E-state index in [2.05, 4.69) is 0 Å². The molecule has 0 amide bonds. The van der Waals surface area contributed by atoms with Crippen molar-refractivity contribution in [2.24, 2.45) is 0 Å². The number of methoxy groups -OCH3 is 1. The predicted octanol–water partition coefficient (Wildman–Crippen LogP) is 3.51. The van der Waals surface area contributed by atoms with Crippen molar-refractivity contribution in [3.63, 3.8) is 0 Å². The van der Waals surface area contributed by atoms with Gasteiger partial charge in [-0.15, -0.1) is 0 Å². The van der Waals surface area contributed by atoms with Crippen molar-refractivity contribution in [1.82, 2.24) is 0 Å².